The molecule has 0 fully saturated rings. The molecule has 1 aliphatic rings. The fourth-order valence-corrected chi connectivity index (χ4v) is 4.14. The van der Waals surface area contributed by atoms with Gasteiger partial charge in [0.1, 0.15) is 0 Å². The van der Waals surface area contributed by atoms with Crippen molar-refractivity contribution in [3.8, 4) is 0 Å². The lowest BCUT2D eigenvalue weighted by atomic mass is 10.0. The van der Waals surface area contributed by atoms with E-state index in [4.69, 9.17) is 11.6 Å². The van der Waals surface area contributed by atoms with E-state index in [0.29, 0.717) is 11.4 Å². The van der Waals surface area contributed by atoms with Crippen LogP contribution in [-0.4, -0.2) is 17.6 Å². The second kappa shape index (κ2) is 7.93. The maximum atomic E-state index is 12.4. The summed E-state index contributed by atoms with van der Waals surface area (Å²) in [7, 11) is 0. The number of hydrogen-bond acceptors (Lipinski definition) is 3. The minimum Gasteiger partial charge on any atom is -0.349 e. The van der Waals surface area contributed by atoms with E-state index in [0.717, 1.165) is 29.0 Å². The number of rotatable bonds is 4. The second-order valence-corrected chi connectivity index (χ2v) is 7.57. The first kappa shape index (κ1) is 17.8. The first-order valence-electron chi connectivity index (χ1n) is 8.09. The molecule has 3 rings (SSSR count). The standard InChI is InChI=1S/C19H19ClN2O2S/c1-12(23)21-15-5-2-13(3-6-15)10-19(24)22-17-8-9-25-18-7-4-14(20)11-16(17)18/h2-7,11,17H,8-10H2,1H3,(H,21,23)(H,22,24)/t17-/m0/s1. The van der Waals surface area contributed by atoms with Crippen LogP contribution >= 0.6 is 23.4 Å². The van der Waals surface area contributed by atoms with Crippen molar-refractivity contribution >= 4 is 40.9 Å². The van der Waals surface area contributed by atoms with Crippen LogP contribution in [0.3, 0.4) is 0 Å². The normalized spacial score (nSPS) is 16.0. The maximum absolute atomic E-state index is 12.4. The highest BCUT2D eigenvalue weighted by atomic mass is 35.5. The van der Waals surface area contributed by atoms with Gasteiger partial charge in [0.05, 0.1) is 12.5 Å². The molecule has 0 aliphatic carbocycles. The number of nitrogens with one attached hydrogen (secondary N) is 2. The number of hydrogen-bond donors (Lipinski definition) is 2. The summed E-state index contributed by atoms with van der Waals surface area (Å²) in [6.07, 6.45) is 1.20. The fourth-order valence-electron chi connectivity index (χ4n) is 2.86. The molecule has 1 atom stereocenters. The first-order valence-corrected chi connectivity index (χ1v) is 9.46. The third-order valence-corrected chi connectivity index (χ3v) is 5.34. The summed E-state index contributed by atoms with van der Waals surface area (Å²) in [6.45, 7) is 1.47. The Labute approximate surface area is 156 Å². The number of fused-ring (bicyclic) bond motifs is 1. The SMILES string of the molecule is CC(=O)Nc1ccc(CC(=O)N[C@H]2CCSc3ccc(Cl)cc32)cc1. The van der Waals surface area contributed by atoms with Crippen LogP contribution in [0.15, 0.2) is 47.4 Å². The molecular weight excluding hydrogens is 356 g/mol. The van der Waals surface area contributed by atoms with Crippen LogP contribution in [0.25, 0.3) is 0 Å². The van der Waals surface area contributed by atoms with Gasteiger partial charge in [-0.3, -0.25) is 9.59 Å². The molecule has 2 amide bonds. The van der Waals surface area contributed by atoms with Crippen LogP contribution < -0.4 is 10.6 Å². The van der Waals surface area contributed by atoms with E-state index in [2.05, 4.69) is 10.6 Å². The molecule has 0 aromatic heterocycles. The summed E-state index contributed by atoms with van der Waals surface area (Å²) in [5.74, 6) is 0.846. The quantitative estimate of drug-likeness (QED) is 0.843. The molecular formula is C19H19ClN2O2S. The Kier molecular flexibility index (Phi) is 5.66. The van der Waals surface area contributed by atoms with Crippen molar-refractivity contribution in [2.75, 3.05) is 11.1 Å². The van der Waals surface area contributed by atoms with Gasteiger partial charge in [-0.05, 0) is 47.9 Å². The van der Waals surface area contributed by atoms with Crippen LogP contribution in [0.2, 0.25) is 5.02 Å². The lowest BCUT2D eigenvalue weighted by Gasteiger charge is -2.26. The molecule has 2 aromatic carbocycles. The number of halogens is 1. The van der Waals surface area contributed by atoms with Crippen molar-refractivity contribution in [2.24, 2.45) is 0 Å². The summed E-state index contributed by atoms with van der Waals surface area (Å²) in [6, 6.07) is 13.2. The molecule has 0 spiro atoms. The Hall–Kier alpha value is -1.98. The number of carbonyl (C=O) groups excluding carboxylic acids is 2. The minimum absolute atomic E-state index is 0.00102. The molecule has 0 saturated heterocycles. The van der Waals surface area contributed by atoms with Gasteiger partial charge in [-0.2, -0.15) is 0 Å². The van der Waals surface area contributed by atoms with Crippen LogP contribution in [0.5, 0.6) is 0 Å². The molecule has 1 aliphatic heterocycles. The van der Waals surface area contributed by atoms with Crippen molar-refractivity contribution in [3.63, 3.8) is 0 Å². The minimum atomic E-state index is -0.113. The Morgan fingerprint density at radius 1 is 1.20 bits per heavy atom. The number of benzene rings is 2. The maximum Gasteiger partial charge on any atom is 0.224 e. The Morgan fingerprint density at radius 3 is 2.68 bits per heavy atom. The Balaban J connectivity index is 1.64. The van der Waals surface area contributed by atoms with Crippen molar-refractivity contribution in [3.05, 3.63) is 58.6 Å². The topological polar surface area (TPSA) is 58.2 Å². The molecule has 4 nitrogen and oxygen atoms in total. The molecule has 2 N–H and O–H groups in total. The van der Waals surface area contributed by atoms with E-state index >= 15 is 0 Å². The molecule has 0 unspecified atom stereocenters. The smallest absolute Gasteiger partial charge is 0.224 e. The van der Waals surface area contributed by atoms with Crippen LogP contribution in [0.1, 0.15) is 30.5 Å². The number of thioether (sulfide) groups is 1. The van der Waals surface area contributed by atoms with E-state index in [9.17, 15) is 9.59 Å². The van der Waals surface area contributed by atoms with Crippen molar-refractivity contribution in [1.29, 1.82) is 0 Å². The molecule has 0 saturated carbocycles. The lowest BCUT2D eigenvalue weighted by Crippen LogP contribution is -2.31. The van der Waals surface area contributed by atoms with E-state index in [-0.39, 0.29) is 17.9 Å². The van der Waals surface area contributed by atoms with Gasteiger partial charge in [0, 0.05) is 28.3 Å². The zero-order chi connectivity index (χ0) is 17.8. The largest absolute Gasteiger partial charge is 0.349 e. The zero-order valence-electron chi connectivity index (χ0n) is 13.8. The van der Waals surface area contributed by atoms with Crippen molar-refractivity contribution in [1.82, 2.24) is 5.32 Å². The van der Waals surface area contributed by atoms with Gasteiger partial charge in [0.15, 0.2) is 0 Å². The molecule has 130 valence electrons. The summed E-state index contributed by atoms with van der Waals surface area (Å²) in [4.78, 5) is 24.6. The van der Waals surface area contributed by atoms with E-state index < -0.39 is 0 Å². The molecule has 1 heterocycles. The van der Waals surface area contributed by atoms with Crippen LogP contribution in [-0.2, 0) is 16.0 Å². The predicted octanol–water partition coefficient (Wildman–Crippen LogP) is 4.19. The number of anilines is 1. The molecule has 6 heteroatoms. The van der Waals surface area contributed by atoms with Crippen LogP contribution in [0, 0.1) is 0 Å². The lowest BCUT2D eigenvalue weighted by molar-refractivity contribution is -0.121. The van der Waals surface area contributed by atoms with Crippen molar-refractivity contribution < 1.29 is 9.59 Å². The predicted molar refractivity (Wildman–Crippen MR) is 102 cm³/mol. The van der Waals surface area contributed by atoms with E-state index in [1.807, 2.05) is 30.3 Å². The van der Waals surface area contributed by atoms with Crippen LogP contribution in [0.4, 0.5) is 5.69 Å². The highest BCUT2D eigenvalue weighted by molar-refractivity contribution is 7.99. The highest BCUT2D eigenvalue weighted by Crippen LogP contribution is 2.37. The molecule has 25 heavy (non-hydrogen) atoms. The number of amides is 2. The molecule has 0 radical (unpaired) electrons. The van der Waals surface area contributed by atoms with E-state index in [1.165, 1.54) is 11.8 Å². The van der Waals surface area contributed by atoms with Gasteiger partial charge in [0.2, 0.25) is 11.8 Å². The monoisotopic (exact) mass is 374 g/mol. The second-order valence-electron chi connectivity index (χ2n) is 5.99. The summed E-state index contributed by atoms with van der Waals surface area (Å²) in [5.41, 5.74) is 2.73. The summed E-state index contributed by atoms with van der Waals surface area (Å²) in [5, 5.41) is 6.52. The van der Waals surface area contributed by atoms with Gasteiger partial charge >= 0.3 is 0 Å². The Bertz CT molecular complexity index is 793. The van der Waals surface area contributed by atoms with Gasteiger partial charge < -0.3 is 10.6 Å². The fraction of sp³-hybridized carbons (Fsp3) is 0.263. The third kappa shape index (κ3) is 4.77. The average Bonchev–Trinajstić information content (AvgIpc) is 2.57. The Morgan fingerprint density at radius 2 is 1.96 bits per heavy atom. The molecule has 0 bridgehead atoms. The highest BCUT2D eigenvalue weighted by Gasteiger charge is 2.22. The average molecular weight is 375 g/mol. The molecule has 2 aromatic rings. The number of carbonyl (C=O) groups is 2. The van der Waals surface area contributed by atoms with Gasteiger partial charge in [-0.15, -0.1) is 11.8 Å². The zero-order valence-corrected chi connectivity index (χ0v) is 15.4. The van der Waals surface area contributed by atoms with Crippen molar-refractivity contribution in [2.45, 2.75) is 30.7 Å². The van der Waals surface area contributed by atoms with Gasteiger partial charge in [-0.1, -0.05) is 23.7 Å². The third-order valence-electron chi connectivity index (χ3n) is 3.99. The van der Waals surface area contributed by atoms with Gasteiger partial charge in [0.25, 0.3) is 0 Å². The van der Waals surface area contributed by atoms with E-state index in [1.54, 1.807) is 23.9 Å². The summed E-state index contributed by atoms with van der Waals surface area (Å²) < 4.78 is 0. The summed E-state index contributed by atoms with van der Waals surface area (Å²) >= 11 is 7.90. The first-order chi connectivity index (χ1) is 12.0. The van der Waals surface area contributed by atoms with Gasteiger partial charge in [-0.25, -0.2) is 0 Å².